The van der Waals surface area contributed by atoms with Gasteiger partial charge in [-0.2, -0.15) is 0 Å². The molecular weight excluding hydrogens is 342 g/mol. The van der Waals surface area contributed by atoms with Crippen LogP contribution < -0.4 is 14.8 Å². The van der Waals surface area contributed by atoms with Crippen LogP contribution in [0.15, 0.2) is 29.6 Å². The van der Waals surface area contributed by atoms with E-state index in [1.165, 1.54) is 11.3 Å². The van der Waals surface area contributed by atoms with Crippen molar-refractivity contribution >= 4 is 55.3 Å². The first-order valence-electron chi connectivity index (χ1n) is 6.33. The molecule has 2 aromatic heterocycles. The number of benzene rings is 1. The van der Waals surface area contributed by atoms with Gasteiger partial charge in [0.15, 0.2) is 0 Å². The Balaban J connectivity index is 1.90. The van der Waals surface area contributed by atoms with Gasteiger partial charge in [0.25, 0.3) is 5.91 Å². The number of carbonyl (C=O) groups excluding carboxylic acids is 1. The first-order chi connectivity index (χ1) is 10.6. The largest absolute Gasteiger partial charge is 0.497 e. The summed E-state index contributed by atoms with van der Waals surface area (Å²) in [5.41, 5.74) is 0.570. The van der Waals surface area contributed by atoms with Gasteiger partial charge in [0.05, 0.1) is 28.9 Å². The molecule has 4 nitrogen and oxygen atoms in total. The molecule has 3 rings (SSSR count). The Morgan fingerprint density at radius 3 is 2.73 bits per heavy atom. The number of nitrogens with one attached hydrogen (secondary N) is 1. The summed E-state index contributed by atoms with van der Waals surface area (Å²) in [4.78, 5) is 13.0. The van der Waals surface area contributed by atoms with Crippen molar-refractivity contribution in [2.75, 3.05) is 19.5 Å². The summed E-state index contributed by atoms with van der Waals surface area (Å²) >= 11 is 9.25. The lowest BCUT2D eigenvalue weighted by Crippen LogP contribution is -2.11. The normalized spacial score (nSPS) is 10.7. The monoisotopic (exact) mass is 353 g/mol. The quantitative estimate of drug-likeness (QED) is 0.726. The Hall–Kier alpha value is -1.76. The predicted octanol–water partition coefficient (Wildman–Crippen LogP) is 4.89. The molecule has 0 spiro atoms. The van der Waals surface area contributed by atoms with E-state index >= 15 is 0 Å². The van der Waals surface area contributed by atoms with Gasteiger partial charge in [-0.1, -0.05) is 11.6 Å². The van der Waals surface area contributed by atoms with E-state index in [4.69, 9.17) is 21.1 Å². The van der Waals surface area contributed by atoms with Crippen molar-refractivity contribution in [2.45, 2.75) is 0 Å². The van der Waals surface area contributed by atoms with Crippen LogP contribution >= 0.6 is 34.3 Å². The van der Waals surface area contributed by atoms with Crippen molar-refractivity contribution in [3.05, 3.63) is 39.5 Å². The Kier molecular flexibility index (Phi) is 4.24. The van der Waals surface area contributed by atoms with Crippen LogP contribution in [-0.4, -0.2) is 20.1 Å². The third-order valence-electron chi connectivity index (χ3n) is 3.12. The molecule has 0 fully saturated rings. The van der Waals surface area contributed by atoms with Gasteiger partial charge in [-0.15, -0.1) is 22.7 Å². The summed E-state index contributed by atoms with van der Waals surface area (Å²) in [6, 6.07) is 7.12. The smallest absolute Gasteiger partial charge is 0.267 e. The summed E-state index contributed by atoms with van der Waals surface area (Å²) < 4.78 is 11.5. The average molecular weight is 354 g/mol. The maximum Gasteiger partial charge on any atom is 0.267 e. The van der Waals surface area contributed by atoms with Crippen LogP contribution in [0, 0.1) is 0 Å². The third-order valence-corrected chi connectivity index (χ3v) is 5.87. The minimum Gasteiger partial charge on any atom is -0.497 e. The molecule has 0 aliphatic heterocycles. The number of carbonyl (C=O) groups is 1. The lowest BCUT2D eigenvalue weighted by Gasteiger charge is -2.11. The zero-order valence-corrected chi connectivity index (χ0v) is 14.2. The SMILES string of the molecule is COc1ccc(NC(=O)c2sc3sccc3c2Cl)c(OC)c1. The summed E-state index contributed by atoms with van der Waals surface area (Å²) in [5.74, 6) is 0.938. The number of hydrogen-bond donors (Lipinski definition) is 1. The number of hydrogen-bond acceptors (Lipinski definition) is 5. The molecule has 0 bridgehead atoms. The standard InChI is InChI=1S/C15H12ClNO3S2/c1-19-8-3-4-10(11(7-8)20-2)17-14(18)13-12(16)9-5-6-21-15(9)22-13/h3-7H,1-2H3,(H,17,18). The fourth-order valence-electron chi connectivity index (χ4n) is 2.02. The number of anilines is 1. The number of fused-ring (bicyclic) bond motifs is 1. The summed E-state index contributed by atoms with van der Waals surface area (Å²) in [5, 5.41) is 6.20. The van der Waals surface area contributed by atoms with E-state index in [1.54, 1.807) is 43.8 Å². The van der Waals surface area contributed by atoms with Gasteiger partial charge in [-0.05, 0) is 23.6 Å². The van der Waals surface area contributed by atoms with Crippen molar-refractivity contribution < 1.29 is 14.3 Å². The van der Waals surface area contributed by atoms with E-state index in [2.05, 4.69) is 5.32 Å². The Labute approximate surface area is 140 Å². The minimum atomic E-state index is -0.248. The van der Waals surface area contributed by atoms with Crippen molar-refractivity contribution in [1.29, 1.82) is 0 Å². The second-order valence-corrected chi connectivity index (χ2v) is 6.96. The first kappa shape index (κ1) is 15.1. The van der Waals surface area contributed by atoms with Crippen LogP contribution in [-0.2, 0) is 0 Å². The van der Waals surface area contributed by atoms with E-state index in [1.807, 2.05) is 11.4 Å². The number of rotatable bonds is 4. The molecule has 22 heavy (non-hydrogen) atoms. The number of ether oxygens (including phenoxy) is 2. The second-order valence-electron chi connectivity index (χ2n) is 4.39. The zero-order chi connectivity index (χ0) is 15.7. The van der Waals surface area contributed by atoms with Gasteiger partial charge in [-0.3, -0.25) is 4.79 Å². The van der Waals surface area contributed by atoms with Crippen LogP contribution in [0.5, 0.6) is 11.5 Å². The predicted molar refractivity (Wildman–Crippen MR) is 92.2 cm³/mol. The molecule has 3 aromatic rings. The average Bonchev–Trinajstić information content (AvgIpc) is 3.11. The molecule has 1 N–H and O–H groups in total. The Bertz CT molecular complexity index is 841. The second kappa shape index (κ2) is 6.16. The van der Waals surface area contributed by atoms with Crippen molar-refractivity contribution in [2.24, 2.45) is 0 Å². The maximum absolute atomic E-state index is 12.5. The van der Waals surface area contributed by atoms with Gasteiger partial charge in [0.1, 0.15) is 16.4 Å². The van der Waals surface area contributed by atoms with E-state index in [9.17, 15) is 4.79 Å². The Morgan fingerprint density at radius 1 is 1.23 bits per heavy atom. The van der Waals surface area contributed by atoms with Crippen LogP contribution in [0.1, 0.15) is 9.67 Å². The third kappa shape index (κ3) is 2.65. The summed E-state index contributed by atoms with van der Waals surface area (Å²) in [6.45, 7) is 0. The molecule has 2 heterocycles. The zero-order valence-electron chi connectivity index (χ0n) is 11.8. The molecule has 0 saturated carbocycles. The van der Waals surface area contributed by atoms with E-state index in [0.29, 0.717) is 27.1 Å². The molecule has 1 amide bonds. The highest BCUT2D eigenvalue weighted by molar-refractivity contribution is 7.38. The highest BCUT2D eigenvalue weighted by Crippen LogP contribution is 2.39. The maximum atomic E-state index is 12.5. The van der Waals surface area contributed by atoms with Crippen LogP contribution in [0.25, 0.3) is 9.40 Å². The number of amides is 1. The van der Waals surface area contributed by atoms with Gasteiger partial charge in [0.2, 0.25) is 0 Å². The molecule has 0 unspecified atom stereocenters. The molecule has 0 aliphatic rings. The van der Waals surface area contributed by atoms with Crippen LogP contribution in [0.2, 0.25) is 5.02 Å². The van der Waals surface area contributed by atoms with E-state index in [0.717, 1.165) is 9.40 Å². The molecule has 114 valence electrons. The molecule has 7 heteroatoms. The molecule has 0 aliphatic carbocycles. The minimum absolute atomic E-state index is 0.248. The van der Waals surface area contributed by atoms with Gasteiger partial charge >= 0.3 is 0 Å². The Morgan fingerprint density at radius 2 is 2.05 bits per heavy atom. The number of thiophene rings is 2. The lowest BCUT2D eigenvalue weighted by molar-refractivity contribution is 0.103. The first-order valence-corrected chi connectivity index (χ1v) is 8.40. The summed E-state index contributed by atoms with van der Waals surface area (Å²) in [7, 11) is 3.11. The fraction of sp³-hybridized carbons (Fsp3) is 0.133. The topological polar surface area (TPSA) is 47.6 Å². The fourth-order valence-corrected chi connectivity index (χ4v) is 4.54. The lowest BCUT2D eigenvalue weighted by atomic mass is 10.2. The number of methoxy groups -OCH3 is 2. The molecule has 0 saturated heterocycles. The van der Waals surface area contributed by atoms with E-state index in [-0.39, 0.29) is 5.91 Å². The highest BCUT2D eigenvalue weighted by Gasteiger charge is 2.19. The van der Waals surface area contributed by atoms with Gasteiger partial charge in [0, 0.05) is 11.5 Å². The van der Waals surface area contributed by atoms with Crippen LogP contribution in [0.3, 0.4) is 0 Å². The van der Waals surface area contributed by atoms with Crippen LogP contribution in [0.4, 0.5) is 5.69 Å². The number of halogens is 1. The van der Waals surface area contributed by atoms with Crippen molar-refractivity contribution in [3.8, 4) is 11.5 Å². The molecular formula is C15H12ClNO3S2. The van der Waals surface area contributed by atoms with Gasteiger partial charge < -0.3 is 14.8 Å². The van der Waals surface area contributed by atoms with Crippen molar-refractivity contribution in [3.63, 3.8) is 0 Å². The molecule has 0 radical (unpaired) electrons. The molecule has 0 atom stereocenters. The highest BCUT2D eigenvalue weighted by atomic mass is 35.5. The van der Waals surface area contributed by atoms with Crippen molar-refractivity contribution in [1.82, 2.24) is 0 Å². The molecule has 1 aromatic carbocycles. The van der Waals surface area contributed by atoms with E-state index < -0.39 is 0 Å². The van der Waals surface area contributed by atoms with Gasteiger partial charge in [-0.25, -0.2) is 0 Å². The summed E-state index contributed by atoms with van der Waals surface area (Å²) in [6.07, 6.45) is 0.